The Morgan fingerprint density at radius 2 is 1.83 bits per heavy atom. The van der Waals surface area contributed by atoms with Crippen LogP contribution in [0.15, 0.2) is 54.2 Å². The number of hydrogen-bond donors (Lipinski definition) is 0. The van der Waals surface area contributed by atoms with E-state index in [4.69, 9.17) is 6.57 Å². The Morgan fingerprint density at radius 1 is 1.13 bits per heavy atom. The van der Waals surface area contributed by atoms with Crippen molar-refractivity contribution in [2.45, 2.75) is 32.6 Å². The molecule has 23 heavy (non-hydrogen) atoms. The summed E-state index contributed by atoms with van der Waals surface area (Å²) in [5, 5.41) is 0. The van der Waals surface area contributed by atoms with Crippen LogP contribution in [-0.4, -0.2) is 5.78 Å². The van der Waals surface area contributed by atoms with Crippen molar-refractivity contribution in [3.05, 3.63) is 87.9 Å². The van der Waals surface area contributed by atoms with Gasteiger partial charge in [0.25, 0.3) is 0 Å². The highest BCUT2D eigenvalue weighted by atomic mass is 16.1. The van der Waals surface area contributed by atoms with Gasteiger partial charge in [-0.25, -0.2) is 4.85 Å². The van der Waals surface area contributed by atoms with Gasteiger partial charge in [-0.2, -0.15) is 0 Å². The lowest BCUT2D eigenvalue weighted by molar-refractivity contribution is 0.103. The van der Waals surface area contributed by atoms with Gasteiger partial charge in [0.2, 0.25) is 5.70 Å². The van der Waals surface area contributed by atoms with E-state index in [1.165, 1.54) is 11.1 Å². The summed E-state index contributed by atoms with van der Waals surface area (Å²) in [6.45, 7) is 14.0. The fourth-order valence-electron chi connectivity index (χ4n) is 3.31. The van der Waals surface area contributed by atoms with Crippen LogP contribution in [0.5, 0.6) is 0 Å². The summed E-state index contributed by atoms with van der Waals surface area (Å²) in [4.78, 5) is 16.4. The van der Waals surface area contributed by atoms with Gasteiger partial charge < -0.3 is 4.79 Å². The number of nitrogens with zero attached hydrogens (tertiary/aromatic N) is 1. The third-order valence-electron chi connectivity index (χ3n) is 4.50. The van der Waals surface area contributed by atoms with Crippen molar-refractivity contribution in [3.8, 4) is 0 Å². The molecule has 0 aromatic heterocycles. The molecule has 0 atom stereocenters. The molecule has 0 spiro atoms. The van der Waals surface area contributed by atoms with E-state index < -0.39 is 0 Å². The van der Waals surface area contributed by atoms with Gasteiger partial charge in [-0.3, -0.25) is 0 Å². The molecule has 0 heterocycles. The maximum absolute atomic E-state index is 12.8. The summed E-state index contributed by atoms with van der Waals surface area (Å²) in [7, 11) is 0. The number of fused-ring (bicyclic) bond motifs is 1. The number of carbonyl (C=O) groups excluding carboxylic acids is 1. The summed E-state index contributed by atoms with van der Waals surface area (Å²) < 4.78 is 0. The van der Waals surface area contributed by atoms with E-state index in [2.05, 4.69) is 43.8 Å². The Bertz CT molecular complexity index is 851. The van der Waals surface area contributed by atoms with Crippen LogP contribution in [0, 0.1) is 13.5 Å². The topological polar surface area (TPSA) is 21.4 Å². The molecule has 2 nitrogen and oxygen atoms in total. The fraction of sp³-hybridized carbons (Fsp3) is 0.238. The normalized spacial score (nSPS) is 17.3. The number of rotatable bonds is 2. The van der Waals surface area contributed by atoms with Crippen molar-refractivity contribution < 1.29 is 4.79 Å². The molecule has 0 bridgehead atoms. The van der Waals surface area contributed by atoms with Gasteiger partial charge in [-0.05, 0) is 35.5 Å². The minimum absolute atomic E-state index is 0.0520. The van der Waals surface area contributed by atoms with E-state index in [1.807, 2.05) is 18.2 Å². The van der Waals surface area contributed by atoms with E-state index in [0.29, 0.717) is 5.56 Å². The molecular formula is C21H19NO. The Labute approximate surface area is 137 Å². The third-order valence-corrected chi connectivity index (χ3v) is 4.50. The minimum Gasteiger partial charge on any atom is -0.302 e. The largest absolute Gasteiger partial charge is 0.302 e. The van der Waals surface area contributed by atoms with E-state index in [0.717, 1.165) is 17.6 Å². The first-order valence-corrected chi connectivity index (χ1v) is 7.76. The van der Waals surface area contributed by atoms with Crippen molar-refractivity contribution in [3.63, 3.8) is 0 Å². The van der Waals surface area contributed by atoms with Crippen LogP contribution in [0.3, 0.4) is 0 Å². The summed E-state index contributed by atoms with van der Waals surface area (Å²) >= 11 is 0. The zero-order valence-electron chi connectivity index (χ0n) is 13.7. The first kappa shape index (κ1) is 15.2. The lowest BCUT2D eigenvalue weighted by atomic mass is 9.86. The SMILES string of the molecule is [C-]#[N+]/C(C(=O)c1ccccc1)=C1/CC(C)(C)c2cc(C)ccc21. The molecule has 0 aliphatic heterocycles. The van der Waals surface area contributed by atoms with Crippen molar-refractivity contribution in [1.29, 1.82) is 0 Å². The zero-order chi connectivity index (χ0) is 16.6. The van der Waals surface area contributed by atoms with Crippen LogP contribution in [0.25, 0.3) is 10.4 Å². The zero-order valence-corrected chi connectivity index (χ0v) is 13.7. The van der Waals surface area contributed by atoms with Gasteiger partial charge in [-0.15, -0.1) is 0 Å². The van der Waals surface area contributed by atoms with Crippen LogP contribution >= 0.6 is 0 Å². The fourth-order valence-corrected chi connectivity index (χ4v) is 3.31. The summed E-state index contributed by atoms with van der Waals surface area (Å²) in [5.74, 6) is -0.181. The summed E-state index contributed by atoms with van der Waals surface area (Å²) in [5.41, 5.74) is 5.15. The van der Waals surface area contributed by atoms with Crippen LogP contribution in [-0.2, 0) is 5.41 Å². The van der Waals surface area contributed by atoms with Gasteiger partial charge in [0.1, 0.15) is 0 Å². The van der Waals surface area contributed by atoms with Crippen LogP contribution < -0.4 is 0 Å². The molecule has 1 aliphatic carbocycles. The quantitative estimate of drug-likeness (QED) is 0.425. The summed E-state index contributed by atoms with van der Waals surface area (Å²) in [6.07, 6.45) is 0.724. The molecule has 3 rings (SSSR count). The molecule has 114 valence electrons. The van der Waals surface area contributed by atoms with Crippen LogP contribution in [0.2, 0.25) is 0 Å². The third kappa shape index (κ3) is 2.59. The van der Waals surface area contributed by atoms with Gasteiger partial charge in [-0.1, -0.05) is 67.9 Å². The Morgan fingerprint density at radius 3 is 2.48 bits per heavy atom. The standard InChI is InChI=1S/C21H19NO/c1-14-10-11-16-17(13-21(2,3)18(16)12-14)19(22-4)20(23)15-8-6-5-7-9-15/h5-12H,13H2,1-3H3/b19-17-. The number of carbonyl (C=O) groups is 1. The number of benzene rings is 2. The average molecular weight is 301 g/mol. The molecule has 0 N–H and O–H groups in total. The highest BCUT2D eigenvalue weighted by Gasteiger charge is 2.36. The number of Topliss-reactive ketones (excluding diaryl/α,β-unsaturated/α-hetero) is 1. The van der Waals surface area contributed by atoms with E-state index in [-0.39, 0.29) is 16.9 Å². The van der Waals surface area contributed by atoms with E-state index in [1.54, 1.807) is 12.1 Å². The van der Waals surface area contributed by atoms with Gasteiger partial charge in [0, 0.05) is 5.56 Å². The molecule has 0 radical (unpaired) electrons. The lowest BCUT2D eigenvalue weighted by Crippen LogP contribution is -2.12. The van der Waals surface area contributed by atoms with Crippen molar-refractivity contribution in [2.75, 3.05) is 0 Å². The lowest BCUT2D eigenvalue weighted by Gasteiger charge is -2.18. The molecule has 0 unspecified atom stereocenters. The highest BCUT2D eigenvalue weighted by molar-refractivity contribution is 6.15. The minimum atomic E-state index is -0.181. The Kier molecular flexibility index (Phi) is 3.66. The average Bonchev–Trinajstić information content (AvgIpc) is 2.80. The van der Waals surface area contributed by atoms with E-state index in [9.17, 15) is 4.79 Å². The maximum Gasteiger partial charge on any atom is 0.237 e. The van der Waals surface area contributed by atoms with Crippen LogP contribution in [0.1, 0.15) is 47.3 Å². The first-order valence-electron chi connectivity index (χ1n) is 7.76. The molecule has 2 aromatic carbocycles. The number of ketones is 1. The van der Waals surface area contributed by atoms with Gasteiger partial charge in [0.15, 0.2) is 5.78 Å². The molecule has 0 saturated carbocycles. The Hall–Kier alpha value is -2.66. The van der Waals surface area contributed by atoms with Crippen LogP contribution in [0.4, 0.5) is 0 Å². The highest BCUT2D eigenvalue weighted by Crippen LogP contribution is 2.47. The first-order chi connectivity index (χ1) is 10.9. The predicted octanol–water partition coefficient (Wildman–Crippen LogP) is 5.19. The summed E-state index contributed by atoms with van der Waals surface area (Å²) in [6, 6.07) is 15.3. The maximum atomic E-state index is 12.8. The second-order valence-electron chi connectivity index (χ2n) is 6.74. The number of allylic oxidation sites excluding steroid dienone is 2. The van der Waals surface area contributed by atoms with Gasteiger partial charge >= 0.3 is 0 Å². The molecule has 2 aromatic rings. The van der Waals surface area contributed by atoms with E-state index >= 15 is 0 Å². The van der Waals surface area contributed by atoms with Crippen molar-refractivity contribution >= 4 is 11.4 Å². The molecule has 2 heteroatoms. The number of aryl methyl sites for hydroxylation is 1. The predicted molar refractivity (Wildman–Crippen MR) is 93.1 cm³/mol. The molecule has 0 saturated heterocycles. The number of hydrogen-bond acceptors (Lipinski definition) is 1. The van der Waals surface area contributed by atoms with Crippen molar-refractivity contribution in [2.24, 2.45) is 0 Å². The monoisotopic (exact) mass is 301 g/mol. The molecular weight excluding hydrogens is 282 g/mol. The van der Waals surface area contributed by atoms with Crippen molar-refractivity contribution in [1.82, 2.24) is 0 Å². The van der Waals surface area contributed by atoms with Gasteiger partial charge in [0.05, 0.1) is 6.57 Å². The second-order valence-corrected chi connectivity index (χ2v) is 6.74. The smallest absolute Gasteiger partial charge is 0.237 e. The molecule has 0 fully saturated rings. The second kappa shape index (κ2) is 5.52. The Balaban J connectivity index is 2.18. The molecule has 1 aliphatic rings. The molecule has 0 amide bonds.